The Morgan fingerprint density at radius 2 is 1.90 bits per heavy atom. The van der Waals surface area contributed by atoms with E-state index in [1.54, 1.807) is 18.2 Å². The maximum atomic E-state index is 12.8. The summed E-state index contributed by atoms with van der Waals surface area (Å²) < 4.78 is 12.3. The number of hydrogen-bond donors (Lipinski definition) is 1. The molecule has 3 rings (SSSR count). The maximum Gasteiger partial charge on any atom is 0.329 e. The highest BCUT2D eigenvalue weighted by Gasteiger charge is 2.33. The predicted molar refractivity (Wildman–Crippen MR) is 120 cm³/mol. The molecule has 0 spiro atoms. The SMILES string of the molecule is CCOc1cc(/C=C2/NC(=O)N(Cc3ccc(Br)cc3)C2=O)cc(Cl)c1OC(C)C. The van der Waals surface area contributed by atoms with Crippen LogP contribution in [-0.2, 0) is 11.3 Å². The Morgan fingerprint density at radius 3 is 2.53 bits per heavy atom. The highest BCUT2D eigenvalue weighted by atomic mass is 79.9. The van der Waals surface area contributed by atoms with Gasteiger partial charge in [-0.3, -0.25) is 9.69 Å². The van der Waals surface area contributed by atoms with E-state index in [1.807, 2.05) is 45.0 Å². The minimum Gasteiger partial charge on any atom is -0.490 e. The van der Waals surface area contributed by atoms with E-state index in [0.717, 1.165) is 14.9 Å². The Hall–Kier alpha value is -2.51. The van der Waals surface area contributed by atoms with Crippen LogP contribution in [-0.4, -0.2) is 29.5 Å². The average molecular weight is 494 g/mol. The van der Waals surface area contributed by atoms with Crippen LogP contribution in [0.3, 0.4) is 0 Å². The van der Waals surface area contributed by atoms with Crippen molar-refractivity contribution < 1.29 is 19.1 Å². The van der Waals surface area contributed by atoms with Gasteiger partial charge in [0.1, 0.15) is 5.70 Å². The van der Waals surface area contributed by atoms with Crippen LogP contribution in [0.5, 0.6) is 11.5 Å². The lowest BCUT2D eigenvalue weighted by atomic mass is 10.1. The van der Waals surface area contributed by atoms with Crippen LogP contribution in [0, 0.1) is 0 Å². The summed E-state index contributed by atoms with van der Waals surface area (Å²) in [7, 11) is 0. The number of ether oxygens (including phenoxy) is 2. The number of carbonyl (C=O) groups excluding carboxylic acids is 2. The molecule has 6 nitrogen and oxygen atoms in total. The molecule has 1 N–H and O–H groups in total. The molecule has 0 radical (unpaired) electrons. The van der Waals surface area contributed by atoms with E-state index >= 15 is 0 Å². The molecule has 0 aliphatic carbocycles. The fourth-order valence-electron chi connectivity index (χ4n) is 2.94. The predicted octanol–water partition coefficient (Wildman–Crippen LogP) is 5.38. The second-order valence-corrected chi connectivity index (χ2v) is 8.26. The van der Waals surface area contributed by atoms with E-state index in [0.29, 0.717) is 28.7 Å². The van der Waals surface area contributed by atoms with Gasteiger partial charge in [-0.25, -0.2) is 4.79 Å². The molecule has 8 heteroatoms. The van der Waals surface area contributed by atoms with Gasteiger partial charge in [-0.1, -0.05) is 39.7 Å². The fourth-order valence-corrected chi connectivity index (χ4v) is 3.47. The molecule has 0 unspecified atom stereocenters. The van der Waals surface area contributed by atoms with Gasteiger partial charge in [0.2, 0.25) is 0 Å². The van der Waals surface area contributed by atoms with Gasteiger partial charge in [0.15, 0.2) is 11.5 Å². The third-order valence-corrected chi connectivity index (χ3v) is 5.02. The summed E-state index contributed by atoms with van der Waals surface area (Å²) in [6.45, 7) is 6.27. The first kappa shape index (κ1) is 22.2. The summed E-state index contributed by atoms with van der Waals surface area (Å²) in [4.78, 5) is 26.3. The minimum atomic E-state index is -0.468. The van der Waals surface area contributed by atoms with Crippen LogP contribution in [0.4, 0.5) is 4.79 Å². The standard InChI is InChI=1S/C22H22BrClN2O4/c1-4-29-19-11-15(9-17(24)20(19)30-13(2)3)10-18-21(27)26(22(28)25-18)12-14-5-7-16(23)8-6-14/h5-11,13H,4,12H2,1-3H3,(H,25,28)/b18-10+. The average Bonchev–Trinajstić information content (AvgIpc) is 2.93. The zero-order chi connectivity index (χ0) is 21.8. The lowest BCUT2D eigenvalue weighted by Crippen LogP contribution is -2.30. The molecule has 0 atom stereocenters. The Kier molecular flexibility index (Phi) is 7.05. The van der Waals surface area contributed by atoms with Crippen molar-refractivity contribution in [1.29, 1.82) is 0 Å². The van der Waals surface area contributed by atoms with Gasteiger partial charge < -0.3 is 14.8 Å². The molecule has 1 aliphatic rings. The molecule has 1 aliphatic heterocycles. The van der Waals surface area contributed by atoms with Crippen molar-refractivity contribution in [3.8, 4) is 11.5 Å². The van der Waals surface area contributed by atoms with Crippen molar-refractivity contribution in [2.24, 2.45) is 0 Å². The summed E-state index contributed by atoms with van der Waals surface area (Å²) in [5, 5.41) is 2.99. The normalized spacial score (nSPS) is 15.1. The molecule has 0 bridgehead atoms. The molecule has 30 heavy (non-hydrogen) atoms. The number of halogens is 2. The van der Waals surface area contributed by atoms with Gasteiger partial charge in [0, 0.05) is 4.47 Å². The van der Waals surface area contributed by atoms with Gasteiger partial charge in [-0.2, -0.15) is 0 Å². The number of carbonyl (C=O) groups is 2. The van der Waals surface area contributed by atoms with E-state index in [1.165, 1.54) is 0 Å². The second-order valence-electron chi connectivity index (χ2n) is 6.94. The number of imide groups is 1. The highest BCUT2D eigenvalue weighted by molar-refractivity contribution is 9.10. The number of nitrogens with one attached hydrogen (secondary N) is 1. The quantitative estimate of drug-likeness (QED) is 0.415. The van der Waals surface area contributed by atoms with Crippen LogP contribution < -0.4 is 14.8 Å². The minimum absolute atomic E-state index is 0.0752. The third kappa shape index (κ3) is 5.15. The molecule has 1 fully saturated rings. The number of benzene rings is 2. The number of hydrogen-bond acceptors (Lipinski definition) is 4. The Bertz CT molecular complexity index is 989. The lowest BCUT2D eigenvalue weighted by Gasteiger charge is -2.16. The van der Waals surface area contributed by atoms with E-state index in [9.17, 15) is 9.59 Å². The highest BCUT2D eigenvalue weighted by Crippen LogP contribution is 2.38. The molecule has 1 saturated heterocycles. The van der Waals surface area contributed by atoms with Gasteiger partial charge in [-0.05, 0) is 62.2 Å². The molecule has 0 aromatic heterocycles. The topological polar surface area (TPSA) is 67.9 Å². The summed E-state index contributed by atoms with van der Waals surface area (Å²) in [6.07, 6.45) is 1.50. The summed E-state index contributed by atoms with van der Waals surface area (Å²) in [5.41, 5.74) is 1.64. The smallest absolute Gasteiger partial charge is 0.329 e. The Morgan fingerprint density at radius 1 is 1.20 bits per heavy atom. The van der Waals surface area contributed by atoms with Crippen molar-refractivity contribution in [3.63, 3.8) is 0 Å². The van der Waals surface area contributed by atoms with Crippen LogP contribution in [0.25, 0.3) is 6.08 Å². The Labute approximate surface area is 188 Å². The Balaban J connectivity index is 1.86. The molecular weight excluding hydrogens is 472 g/mol. The fraction of sp³-hybridized carbons (Fsp3) is 0.273. The lowest BCUT2D eigenvalue weighted by molar-refractivity contribution is -0.123. The number of rotatable bonds is 7. The number of amides is 3. The monoisotopic (exact) mass is 492 g/mol. The van der Waals surface area contributed by atoms with E-state index in [2.05, 4.69) is 21.2 Å². The molecule has 158 valence electrons. The summed E-state index contributed by atoms with van der Waals surface area (Å²) >= 11 is 9.76. The third-order valence-electron chi connectivity index (χ3n) is 4.21. The summed E-state index contributed by atoms with van der Waals surface area (Å²) in [5.74, 6) is 0.530. The summed E-state index contributed by atoms with van der Waals surface area (Å²) in [6, 6.07) is 10.4. The zero-order valence-electron chi connectivity index (χ0n) is 16.9. The molecule has 2 aromatic carbocycles. The van der Waals surface area contributed by atoms with Crippen molar-refractivity contribution >= 4 is 45.5 Å². The van der Waals surface area contributed by atoms with Crippen LogP contribution in [0.15, 0.2) is 46.6 Å². The van der Waals surface area contributed by atoms with Crippen molar-refractivity contribution in [1.82, 2.24) is 10.2 Å². The number of nitrogens with zero attached hydrogens (tertiary/aromatic N) is 1. The molecule has 1 heterocycles. The molecule has 2 aromatic rings. The van der Waals surface area contributed by atoms with Gasteiger partial charge in [0.05, 0.1) is 24.3 Å². The number of urea groups is 1. The van der Waals surface area contributed by atoms with Crippen molar-refractivity contribution in [2.45, 2.75) is 33.4 Å². The van der Waals surface area contributed by atoms with Crippen molar-refractivity contribution in [2.75, 3.05) is 6.61 Å². The molecular formula is C22H22BrClN2O4. The van der Waals surface area contributed by atoms with Crippen LogP contribution >= 0.6 is 27.5 Å². The largest absolute Gasteiger partial charge is 0.490 e. The van der Waals surface area contributed by atoms with E-state index < -0.39 is 11.9 Å². The van der Waals surface area contributed by atoms with Gasteiger partial charge >= 0.3 is 6.03 Å². The van der Waals surface area contributed by atoms with Gasteiger partial charge in [0.25, 0.3) is 5.91 Å². The first-order chi connectivity index (χ1) is 14.3. The van der Waals surface area contributed by atoms with E-state index in [-0.39, 0.29) is 18.3 Å². The zero-order valence-corrected chi connectivity index (χ0v) is 19.2. The second kappa shape index (κ2) is 9.53. The van der Waals surface area contributed by atoms with Crippen molar-refractivity contribution in [3.05, 3.63) is 62.7 Å². The first-order valence-electron chi connectivity index (χ1n) is 9.50. The van der Waals surface area contributed by atoms with E-state index in [4.69, 9.17) is 21.1 Å². The molecule has 3 amide bonds. The van der Waals surface area contributed by atoms with Crippen LogP contribution in [0.2, 0.25) is 5.02 Å². The van der Waals surface area contributed by atoms with Gasteiger partial charge in [-0.15, -0.1) is 0 Å². The van der Waals surface area contributed by atoms with Crippen LogP contribution in [0.1, 0.15) is 31.9 Å². The molecule has 0 saturated carbocycles. The first-order valence-corrected chi connectivity index (χ1v) is 10.7. The maximum absolute atomic E-state index is 12.8.